The molecule has 2 N–H and O–H groups in total. The normalized spacial score (nSPS) is 28.2. The third-order valence-corrected chi connectivity index (χ3v) is 5.52. The van der Waals surface area contributed by atoms with Gasteiger partial charge in [0.2, 0.25) is 5.91 Å². The molecular formula is C15H28N2O2S. The molecule has 0 aromatic carbocycles. The number of thioether (sulfide) groups is 1. The molecular weight excluding hydrogens is 272 g/mol. The van der Waals surface area contributed by atoms with Crippen LogP contribution in [0, 0.1) is 0 Å². The molecule has 2 atom stereocenters. The van der Waals surface area contributed by atoms with Gasteiger partial charge in [0.05, 0.1) is 6.54 Å². The van der Waals surface area contributed by atoms with Gasteiger partial charge in [-0.05, 0) is 31.4 Å². The summed E-state index contributed by atoms with van der Waals surface area (Å²) in [5.74, 6) is 1.31. The van der Waals surface area contributed by atoms with Crippen LogP contribution >= 0.6 is 11.8 Å². The monoisotopic (exact) mass is 300 g/mol. The van der Waals surface area contributed by atoms with Crippen molar-refractivity contribution in [1.82, 2.24) is 10.6 Å². The van der Waals surface area contributed by atoms with E-state index in [-0.39, 0.29) is 5.91 Å². The summed E-state index contributed by atoms with van der Waals surface area (Å²) in [6, 6.07) is 0.819. The summed E-state index contributed by atoms with van der Waals surface area (Å²) in [4.78, 5) is 12.0. The molecule has 1 amide bonds. The smallest absolute Gasteiger partial charge is 0.234 e. The first-order chi connectivity index (χ1) is 9.79. The van der Waals surface area contributed by atoms with Gasteiger partial charge in [-0.3, -0.25) is 4.79 Å². The number of carbonyl (C=O) groups excluding carboxylic acids is 1. The Morgan fingerprint density at radius 2 is 1.95 bits per heavy atom. The zero-order chi connectivity index (χ0) is 14.2. The first-order valence-electron chi connectivity index (χ1n) is 8.01. The van der Waals surface area contributed by atoms with Crippen LogP contribution in [0.5, 0.6) is 0 Å². The Hall–Kier alpha value is -0.260. The highest BCUT2D eigenvalue weighted by Gasteiger charge is 2.25. The van der Waals surface area contributed by atoms with E-state index < -0.39 is 0 Å². The summed E-state index contributed by atoms with van der Waals surface area (Å²) in [6.07, 6.45) is 7.02. The summed E-state index contributed by atoms with van der Waals surface area (Å²) in [6.45, 7) is 4.23. The van der Waals surface area contributed by atoms with Crippen LogP contribution < -0.4 is 10.6 Å². The zero-order valence-electron chi connectivity index (χ0n) is 12.5. The fourth-order valence-electron chi connectivity index (χ4n) is 3.09. The van der Waals surface area contributed by atoms with Crippen molar-refractivity contribution in [3.63, 3.8) is 0 Å². The largest absolute Gasteiger partial charge is 0.381 e. The molecule has 20 heavy (non-hydrogen) atoms. The van der Waals surface area contributed by atoms with Crippen molar-refractivity contribution < 1.29 is 9.53 Å². The van der Waals surface area contributed by atoms with Crippen LogP contribution in [0.4, 0.5) is 0 Å². The zero-order valence-corrected chi connectivity index (χ0v) is 13.3. The molecule has 0 aromatic heterocycles. The molecule has 2 fully saturated rings. The van der Waals surface area contributed by atoms with E-state index >= 15 is 0 Å². The average molecular weight is 300 g/mol. The molecule has 2 aliphatic rings. The first kappa shape index (κ1) is 16.1. The van der Waals surface area contributed by atoms with Crippen molar-refractivity contribution in [3.8, 4) is 0 Å². The molecule has 1 aliphatic carbocycles. The number of nitrogens with one attached hydrogen (secondary N) is 2. The van der Waals surface area contributed by atoms with Crippen molar-refractivity contribution in [2.24, 2.45) is 0 Å². The fraction of sp³-hybridized carbons (Fsp3) is 0.933. The molecule has 2 rings (SSSR count). The lowest BCUT2D eigenvalue weighted by Gasteiger charge is -2.32. The van der Waals surface area contributed by atoms with Gasteiger partial charge in [0, 0.05) is 30.5 Å². The molecule has 5 heteroatoms. The summed E-state index contributed by atoms with van der Waals surface area (Å²) in [5, 5.41) is 7.28. The molecule has 0 radical (unpaired) electrons. The maximum Gasteiger partial charge on any atom is 0.234 e. The van der Waals surface area contributed by atoms with Crippen molar-refractivity contribution in [3.05, 3.63) is 0 Å². The van der Waals surface area contributed by atoms with E-state index in [1.807, 2.05) is 11.8 Å². The van der Waals surface area contributed by atoms with E-state index in [1.54, 1.807) is 0 Å². The van der Waals surface area contributed by atoms with E-state index in [0.717, 1.165) is 31.8 Å². The highest BCUT2D eigenvalue weighted by Crippen LogP contribution is 2.28. The van der Waals surface area contributed by atoms with Crippen LogP contribution in [0.15, 0.2) is 0 Å². The number of hydrogen-bond acceptors (Lipinski definition) is 4. The summed E-state index contributed by atoms with van der Waals surface area (Å²) >= 11 is 2.04. The summed E-state index contributed by atoms with van der Waals surface area (Å²) in [7, 11) is 0. The van der Waals surface area contributed by atoms with Gasteiger partial charge >= 0.3 is 0 Å². The van der Waals surface area contributed by atoms with Gasteiger partial charge in [0.15, 0.2) is 0 Å². The fourth-order valence-corrected chi connectivity index (χ4v) is 4.31. The van der Waals surface area contributed by atoms with E-state index in [4.69, 9.17) is 4.74 Å². The molecule has 116 valence electrons. The van der Waals surface area contributed by atoms with E-state index in [1.165, 1.54) is 25.7 Å². The number of carbonyl (C=O) groups is 1. The van der Waals surface area contributed by atoms with Crippen LogP contribution in [0.1, 0.15) is 45.4 Å². The summed E-state index contributed by atoms with van der Waals surface area (Å²) in [5.41, 5.74) is 0. The third-order valence-electron chi connectivity index (χ3n) is 4.19. The van der Waals surface area contributed by atoms with Gasteiger partial charge in [0.25, 0.3) is 0 Å². The van der Waals surface area contributed by atoms with E-state index in [0.29, 0.717) is 23.9 Å². The molecule has 4 nitrogen and oxygen atoms in total. The maximum atomic E-state index is 12.0. The second-order valence-corrected chi connectivity index (χ2v) is 7.24. The highest BCUT2D eigenvalue weighted by atomic mass is 32.2. The molecule has 1 saturated heterocycles. The lowest BCUT2D eigenvalue weighted by molar-refractivity contribution is -0.121. The molecule has 1 aliphatic heterocycles. The molecule has 0 bridgehead atoms. The number of hydrogen-bond donors (Lipinski definition) is 2. The van der Waals surface area contributed by atoms with Gasteiger partial charge in [0.1, 0.15) is 0 Å². The minimum Gasteiger partial charge on any atom is -0.381 e. The third kappa shape index (κ3) is 5.26. The second-order valence-electron chi connectivity index (χ2n) is 5.72. The van der Waals surface area contributed by atoms with Gasteiger partial charge in [-0.15, -0.1) is 0 Å². The Labute approximate surface area is 126 Å². The van der Waals surface area contributed by atoms with Crippen molar-refractivity contribution in [2.75, 3.05) is 25.5 Å². The Bertz CT molecular complexity index is 294. The minimum atomic E-state index is 0.141. The standard InChI is InChI=1S/C15H28N2O2S/c1-2-20-14-6-4-3-5-13(14)16-11-15(18)17-12-7-9-19-10-8-12/h12-14,16H,2-11H2,1H3,(H,17,18)/t13-,14-/m0/s1. The maximum absolute atomic E-state index is 12.0. The van der Waals surface area contributed by atoms with E-state index in [2.05, 4.69) is 17.6 Å². The predicted octanol–water partition coefficient (Wildman–Crippen LogP) is 1.94. The quantitative estimate of drug-likeness (QED) is 0.787. The predicted molar refractivity (Wildman–Crippen MR) is 84.2 cm³/mol. The average Bonchev–Trinajstić information content (AvgIpc) is 2.48. The molecule has 0 unspecified atom stereocenters. The van der Waals surface area contributed by atoms with Crippen LogP contribution in [-0.4, -0.2) is 48.8 Å². The molecule has 0 spiro atoms. The van der Waals surface area contributed by atoms with Gasteiger partial charge in [-0.1, -0.05) is 19.8 Å². The van der Waals surface area contributed by atoms with Crippen LogP contribution in [0.3, 0.4) is 0 Å². The Morgan fingerprint density at radius 3 is 2.70 bits per heavy atom. The summed E-state index contributed by atoms with van der Waals surface area (Å²) < 4.78 is 5.31. The van der Waals surface area contributed by atoms with Crippen molar-refractivity contribution in [2.45, 2.75) is 62.8 Å². The van der Waals surface area contributed by atoms with Gasteiger partial charge in [-0.25, -0.2) is 0 Å². The Balaban J connectivity index is 1.68. The van der Waals surface area contributed by atoms with Crippen LogP contribution in [-0.2, 0) is 9.53 Å². The first-order valence-corrected chi connectivity index (χ1v) is 9.06. The van der Waals surface area contributed by atoms with Gasteiger partial charge in [-0.2, -0.15) is 11.8 Å². The number of ether oxygens (including phenoxy) is 1. The number of rotatable bonds is 6. The Morgan fingerprint density at radius 1 is 1.20 bits per heavy atom. The Kier molecular flexibility index (Phi) is 7.17. The molecule has 1 saturated carbocycles. The SMILES string of the molecule is CCS[C@H]1CCCC[C@@H]1NCC(=O)NC1CCOCC1. The van der Waals surface area contributed by atoms with Crippen molar-refractivity contribution in [1.29, 1.82) is 0 Å². The second kappa shape index (κ2) is 8.90. The lowest BCUT2D eigenvalue weighted by atomic mass is 9.95. The highest BCUT2D eigenvalue weighted by molar-refractivity contribution is 7.99. The number of amides is 1. The van der Waals surface area contributed by atoms with E-state index in [9.17, 15) is 4.79 Å². The minimum absolute atomic E-state index is 0.141. The van der Waals surface area contributed by atoms with Gasteiger partial charge < -0.3 is 15.4 Å². The van der Waals surface area contributed by atoms with Crippen LogP contribution in [0.25, 0.3) is 0 Å². The molecule has 0 aromatic rings. The van der Waals surface area contributed by atoms with Crippen LogP contribution in [0.2, 0.25) is 0 Å². The molecule has 1 heterocycles. The van der Waals surface area contributed by atoms with Crippen molar-refractivity contribution >= 4 is 17.7 Å². The topological polar surface area (TPSA) is 50.4 Å². The lowest BCUT2D eigenvalue weighted by Crippen LogP contribution is -2.48.